The van der Waals surface area contributed by atoms with Crippen LogP contribution in [0.5, 0.6) is 0 Å². The van der Waals surface area contributed by atoms with Crippen molar-refractivity contribution in [2.75, 3.05) is 13.1 Å². The molecule has 2 aromatic rings. The van der Waals surface area contributed by atoms with E-state index >= 15 is 0 Å². The van der Waals surface area contributed by atoms with E-state index in [1.165, 1.54) is 6.42 Å². The topological polar surface area (TPSA) is 46.6 Å². The highest BCUT2D eigenvalue weighted by Crippen LogP contribution is 2.24. The van der Waals surface area contributed by atoms with Gasteiger partial charge >= 0.3 is 0 Å². The minimum atomic E-state index is 0.509. The molecule has 3 rings (SSSR count). The van der Waals surface area contributed by atoms with E-state index in [0.29, 0.717) is 12.0 Å². The summed E-state index contributed by atoms with van der Waals surface area (Å²) in [5.41, 5.74) is 8.03. The van der Waals surface area contributed by atoms with Gasteiger partial charge < -0.3 is 10.1 Å². The SMILES string of the molecule is CC1CCN(Cc2cn3ccccc3n2)C1CN. The van der Waals surface area contributed by atoms with Crippen molar-refractivity contribution in [3.8, 4) is 0 Å². The molecule has 4 nitrogen and oxygen atoms in total. The number of fused-ring (bicyclic) bond motifs is 1. The third kappa shape index (κ3) is 2.02. The van der Waals surface area contributed by atoms with E-state index in [0.717, 1.165) is 31.0 Å². The molecule has 1 fully saturated rings. The van der Waals surface area contributed by atoms with Crippen LogP contribution in [0.2, 0.25) is 0 Å². The van der Waals surface area contributed by atoms with Gasteiger partial charge in [-0.25, -0.2) is 4.98 Å². The van der Waals surface area contributed by atoms with Crippen LogP contribution in [0.1, 0.15) is 19.0 Å². The number of nitrogens with zero attached hydrogens (tertiary/aromatic N) is 3. The lowest BCUT2D eigenvalue weighted by Crippen LogP contribution is -2.37. The number of pyridine rings is 1. The average Bonchev–Trinajstić information content (AvgIpc) is 2.93. The minimum absolute atomic E-state index is 0.509. The van der Waals surface area contributed by atoms with Crippen molar-refractivity contribution in [1.29, 1.82) is 0 Å². The summed E-state index contributed by atoms with van der Waals surface area (Å²) in [4.78, 5) is 7.12. The molecule has 2 atom stereocenters. The van der Waals surface area contributed by atoms with Gasteiger partial charge in [0.2, 0.25) is 0 Å². The fourth-order valence-corrected chi connectivity index (χ4v) is 2.94. The lowest BCUT2D eigenvalue weighted by Gasteiger charge is -2.24. The second kappa shape index (κ2) is 4.71. The highest BCUT2D eigenvalue weighted by atomic mass is 15.2. The number of nitrogens with two attached hydrogens (primary N) is 1. The average molecular weight is 244 g/mol. The van der Waals surface area contributed by atoms with E-state index in [9.17, 15) is 0 Å². The second-order valence-corrected chi connectivity index (χ2v) is 5.24. The summed E-state index contributed by atoms with van der Waals surface area (Å²) in [5, 5.41) is 0. The highest BCUT2D eigenvalue weighted by Gasteiger charge is 2.30. The maximum atomic E-state index is 5.88. The van der Waals surface area contributed by atoms with Crippen LogP contribution in [0, 0.1) is 5.92 Å². The van der Waals surface area contributed by atoms with Gasteiger partial charge in [-0.15, -0.1) is 0 Å². The lowest BCUT2D eigenvalue weighted by atomic mass is 10.0. The van der Waals surface area contributed by atoms with Crippen molar-refractivity contribution in [1.82, 2.24) is 14.3 Å². The number of rotatable bonds is 3. The molecule has 0 amide bonds. The number of hydrogen-bond donors (Lipinski definition) is 1. The molecule has 4 heteroatoms. The summed E-state index contributed by atoms with van der Waals surface area (Å²) in [6.45, 7) is 5.08. The van der Waals surface area contributed by atoms with E-state index in [1.54, 1.807) is 0 Å². The molecule has 18 heavy (non-hydrogen) atoms. The molecule has 3 heterocycles. The van der Waals surface area contributed by atoms with E-state index in [4.69, 9.17) is 5.73 Å². The molecule has 2 N–H and O–H groups in total. The molecule has 2 aromatic heterocycles. The Labute approximate surface area is 107 Å². The maximum absolute atomic E-state index is 5.88. The van der Waals surface area contributed by atoms with Crippen molar-refractivity contribution in [2.45, 2.75) is 25.9 Å². The first-order valence-electron chi connectivity index (χ1n) is 6.64. The molecule has 0 aromatic carbocycles. The Kier molecular flexibility index (Phi) is 3.06. The van der Waals surface area contributed by atoms with Crippen molar-refractivity contribution in [2.24, 2.45) is 11.7 Å². The highest BCUT2D eigenvalue weighted by molar-refractivity contribution is 5.39. The molecular formula is C14H20N4. The van der Waals surface area contributed by atoms with Gasteiger partial charge in [-0.1, -0.05) is 13.0 Å². The first-order valence-corrected chi connectivity index (χ1v) is 6.64. The lowest BCUT2D eigenvalue weighted by molar-refractivity contribution is 0.226. The molecule has 1 saturated heterocycles. The Balaban J connectivity index is 1.80. The summed E-state index contributed by atoms with van der Waals surface area (Å²) in [7, 11) is 0. The van der Waals surface area contributed by atoms with Crippen molar-refractivity contribution in [3.05, 3.63) is 36.3 Å². The number of likely N-dealkylation sites (tertiary alicyclic amines) is 1. The second-order valence-electron chi connectivity index (χ2n) is 5.24. The van der Waals surface area contributed by atoms with Gasteiger partial charge in [0.25, 0.3) is 0 Å². The van der Waals surface area contributed by atoms with Crippen LogP contribution in [0.3, 0.4) is 0 Å². The van der Waals surface area contributed by atoms with Crippen LogP contribution in [0.25, 0.3) is 5.65 Å². The van der Waals surface area contributed by atoms with E-state index in [1.807, 2.05) is 24.4 Å². The van der Waals surface area contributed by atoms with Crippen LogP contribution in [-0.4, -0.2) is 33.4 Å². The van der Waals surface area contributed by atoms with Crippen LogP contribution in [-0.2, 0) is 6.54 Å². The maximum Gasteiger partial charge on any atom is 0.137 e. The molecular weight excluding hydrogens is 224 g/mol. The minimum Gasteiger partial charge on any atom is -0.329 e. The van der Waals surface area contributed by atoms with E-state index in [2.05, 4.69) is 27.4 Å². The largest absolute Gasteiger partial charge is 0.329 e. The molecule has 1 aliphatic heterocycles. The van der Waals surface area contributed by atoms with Crippen LogP contribution < -0.4 is 5.73 Å². The third-order valence-electron chi connectivity index (χ3n) is 4.02. The molecule has 0 spiro atoms. The molecule has 96 valence electrons. The molecule has 0 radical (unpaired) electrons. The Morgan fingerprint density at radius 1 is 1.44 bits per heavy atom. The van der Waals surface area contributed by atoms with Gasteiger partial charge in [0.15, 0.2) is 0 Å². The van der Waals surface area contributed by atoms with Crippen molar-refractivity contribution < 1.29 is 0 Å². The zero-order valence-corrected chi connectivity index (χ0v) is 10.8. The molecule has 0 saturated carbocycles. The third-order valence-corrected chi connectivity index (χ3v) is 4.02. The van der Waals surface area contributed by atoms with Crippen LogP contribution in [0.4, 0.5) is 0 Å². The molecule has 0 aliphatic carbocycles. The predicted molar refractivity (Wildman–Crippen MR) is 72.2 cm³/mol. The summed E-state index contributed by atoms with van der Waals surface area (Å²) < 4.78 is 2.08. The van der Waals surface area contributed by atoms with Gasteiger partial charge in [-0.05, 0) is 31.0 Å². The van der Waals surface area contributed by atoms with Gasteiger partial charge in [0.1, 0.15) is 5.65 Å². The molecule has 2 unspecified atom stereocenters. The van der Waals surface area contributed by atoms with E-state index < -0.39 is 0 Å². The van der Waals surface area contributed by atoms with Gasteiger partial charge in [0, 0.05) is 31.5 Å². The first-order chi connectivity index (χ1) is 8.78. The molecule has 1 aliphatic rings. The normalized spacial score (nSPS) is 25.0. The Hall–Kier alpha value is -1.39. The number of hydrogen-bond acceptors (Lipinski definition) is 3. The van der Waals surface area contributed by atoms with Crippen LogP contribution >= 0.6 is 0 Å². The first kappa shape index (κ1) is 11.7. The smallest absolute Gasteiger partial charge is 0.137 e. The van der Waals surface area contributed by atoms with Gasteiger partial charge in [0.05, 0.1) is 5.69 Å². The quantitative estimate of drug-likeness (QED) is 0.890. The fraction of sp³-hybridized carbons (Fsp3) is 0.500. The monoisotopic (exact) mass is 244 g/mol. The van der Waals surface area contributed by atoms with Crippen molar-refractivity contribution in [3.63, 3.8) is 0 Å². The van der Waals surface area contributed by atoms with Gasteiger partial charge in [-0.3, -0.25) is 4.90 Å². The van der Waals surface area contributed by atoms with Crippen molar-refractivity contribution >= 4 is 5.65 Å². The van der Waals surface area contributed by atoms with Crippen LogP contribution in [0.15, 0.2) is 30.6 Å². The number of imidazole rings is 1. The fourth-order valence-electron chi connectivity index (χ4n) is 2.94. The molecule has 0 bridgehead atoms. The summed E-state index contributed by atoms with van der Waals surface area (Å²) in [5.74, 6) is 0.701. The Bertz CT molecular complexity index is 500. The predicted octanol–water partition coefficient (Wildman–Crippen LogP) is 1.50. The summed E-state index contributed by atoms with van der Waals surface area (Å²) in [6.07, 6.45) is 5.40. The number of aromatic nitrogens is 2. The van der Waals surface area contributed by atoms with Gasteiger partial charge in [-0.2, -0.15) is 0 Å². The standard InChI is InChI=1S/C14H20N4/c1-11-5-7-17(13(11)8-15)9-12-10-18-6-3-2-4-14(18)16-12/h2-4,6,10-11,13H,5,7-9,15H2,1H3. The van der Waals surface area contributed by atoms with E-state index in [-0.39, 0.29) is 0 Å². The summed E-state index contributed by atoms with van der Waals surface area (Å²) >= 11 is 0. The Morgan fingerprint density at radius 3 is 3.11 bits per heavy atom. The Morgan fingerprint density at radius 2 is 2.33 bits per heavy atom. The zero-order chi connectivity index (χ0) is 12.5. The summed E-state index contributed by atoms with van der Waals surface area (Å²) in [6, 6.07) is 6.59. The zero-order valence-electron chi connectivity index (χ0n) is 10.8.